The Labute approximate surface area is 94.4 Å². The summed E-state index contributed by atoms with van der Waals surface area (Å²) >= 11 is 4.14. The van der Waals surface area contributed by atoms with Gasteiger partial charge >= 0.3 is 0 Å². The third kappa shape index (κ3) is 1.28. The van der Waals surface area contributed by atoms with Crippen molar-refractivity contribution in [1.29, 1.82) is 0 Å². The Kier molecular flexibility index (Phi) is 2.53. The van der Waals surface area contributed by atoms with Crippen LogP contribution in [0.15, 0.2) is 0 Å². The van der Waals surface area contributed by atoms with Gasteiger partial charge in [-0.25, -0.2) is 0 Å². The minimum atomic E-state index is -0.00898. The van der Waals surface area contributed by atoms with Crippen LogP contribution in [0.5, 0.6) is 0 Å². The summed E-state index contributed by atoms with van der Waals surface area (Å²) in [6, 6.07) is 0. The van der Waals surface area contributed by atoms with Crippen LogP contribution in [0.1, 0.15) is 32.1 Å². The summed E-state index contributed by atoms with van der Waals surface area (Å²) in [4.78, 5) is 0. The molecule has 1 nitrogen and oxygen atoms in total. The summed E-state index contributed by atoms with van der Waals surface area (Å²) in [6.45, 7) is 0. The van der Waals surface area contributed by atoms with Crippen LogP contribution in [-0.2, 0) is 0 Å². The Morgan fingerprint density at radius 2 is 1.64 bits per heavy atom. The number of thioether (sulfide) groups is 2. The molecule has 1 saturated heterocycles. The molecule has 1 N–H and O–H groups in total. The highest BCUT2D eigenvalue weighted by atomic mass is 32.2. The van der Waals surface area contributed by atoms with E-state index in [2.05, 4.69) is 23.5 Å². The Balaban J connectivity index is 1.88. The summed E-state index contributed by atoms with van der Waals surface area (Å²) in [5, 5.41) is 10.4. The first-order valence-corrected chi connectivity index (χ1v) is 7.76. The lowest BCUT2D eigenvalue weighted by Crippen LogP contribution is -2.55. The Hall–Kier alpha value is 0.660. The molecule has 1 atom stereocenters. The van der Waals surface area contributed by atoms with E-state index in [4.69, 9.17) is 0 Å². The molecule has 4 fully saturated rings. The first-order chi connectivity index (χ1) is 6.83. The molecule has 3 aliphatic carbocycles. The van der Waals surface area contributed by atoms with Gasteiger partial charge in [0, 0.05) is 0 Å². The zero-order valence-electron chi connectivity index (χ0n) is 8.45. The third-order valence-electron chi connectivity index (χ3n) is 4.14. The zero-order valence-corrected chi connectivity index (χ0v) is 10.1. The summed E-state index contributed by atoms with van der Waals surface area (Å²) in [5.74, 6) is 3.97. The molecule has 4 rings (SSSR count). The van der Waals surface area contributed by atoms with Crippen LogP contribution in [0.4, 0.5) is 0 Å². The zero-order chi connectivity index (χ0) is 9.60. The van der Waals surface area contributed by atoms with E-state index < -0.39 is 0 Å². The molecule has 0 radical (unpaired) electrons. The number of hydrogen-bond donors (Lipinski definition) is 1. The van der Waals surface area contributed by atoms with E-state index in [0.29, 0.717) is 5.92 Å². The second kappa shape index (κ2) is 3.60. The van der Waals surface area contributed by atoms with E-state index in [1.54, 1.807) is 0 Å². The number of aliphatic hydroxyl groups excluding tert-OH is 1. The molecule has 0 aromatic rings. The highest BCUT2D eigenvalue weighted by Crippen LogP contribution is 2.60. The second-order valence-corrected chi connectivity index (χ2v) is 7.83. The van der Waals surface area contributed by atoms with Crippen LogP contribution in [0.2, 0.25) is 0 Å². The summed E-state index contributed by atoms with van der Waals surface area (Å²) in [5.41, 5.74) is 0. The fourth-order valence-electron chi connectivity index (χ4n) is 3.38. The lowest BCUT2D eigenvalue weighted by atomic mass is 9.68. The molecule has 14 heavy (non-hydrogen) atoms. The Morgan fingerprint density at radius 3 is 2.21 bits per heavy atom. The predicted octanol–water partition coefficient (Wildman–Crippen LogP) is 2.73. The van der Waals surface area contributed by atoms with E-state index in [0.717, 1.165) is 5.92 Å². The molecular weight excluding hydrogens is 212 g/mol. The van der Waals surface area contributed by atoms with Crippen molar-refractivity contribution in [3.05, 3.63) is 0 Å². The van der Waals surface area contributed by atoms with Gasteiger partial charge in [0.15, 0.2) is 0 Å². The molecule has 1 heterocycles. The van der Waals surface area contributed by atoms with Gasteiger partial charge in [-0.15, -0.1) is 23.5 Å². The van der Waals surface area contributed by atoms with Crippen molar-refractivity contribution in [3.63, 3.8) is 0 Å². The van der Waals surface area contributed by atoms with Crippen molar-refractivity contribution in [1.82, 2.24) is 0 Å². The highest BCUT2D eigenvalue weighted by molar-refractivity contribution is 8.18. The quantitative estimate of drug-likeness (QED) is 0.691. The molecular formula is C11H18OS2. The minimum absolute atomic E-state index is 0.00898. The fraction of sp³-hybridized carbons (Fsp3) is 1.00. The summed E-state index contributed by atoms with van der Waals surface area (Å²) in [6.07, 6.45) is 6.65. The first-order valence-electron chi connectivity index (χ1n) is 5.79. The number of fused-ring (bicyclic) bond motifs is 2. The van der Waals surface area contributed by atoms with Crippen LogP contribution in [0, 0.1) is 11.8 Å². The van der Waals surface area contributed by atoms with E-state index >= 15 is 0 Å². The van der Waals surface area contributed by atoms with Crippen molar-refractivity contribution in [2.75, 3.05) is 11.5 Å². The molecule has 1 aliphatic heterocycles. The maximum absolute atomic E-state index is 10.4. The summed E-state index contributed by atoms with van der Waals surface area (Å²) < 4.78 is 0.222. The largest absolute Gasteiger partial charge is 0.390 e. The van der Waals surface area contributed by atoms with Crippen molar-refractivity contribution >= 4 is 23.5 Å². The van der Waals surface area contributed by atoms with Crippen LogP contribution in [0.25, 0.3) is 0 Å². The highest BCUT2D eigenvalue weighted by Gasteiger charge is 2.55. The smallest absolute Gasteiger partial charge is 0.0899 e. The van der Waals surface area contributed by atoms with Gasteiger partial charge in [0.1, 0.15) is 0 Å². The predicted molar refractivity (Wildman–Crippen MR) is 63.7 cm³/mol. The molecule has 2 bridgehead atoms. The normalized spacial score (nSPS) is 45.6. The van der Waals surface area contributed by atoms with Gasteiger partial charge < -0.3 is 5.11 Å². The molecule has 4 aliphatic rings. The SMILES string of the molecule is OC1C2CCC(CC2)C12SCCCS2. The molecule has 1 unspecified atom stereocenters. The monoisotopic (exact) mass is 230 g/mol. The third-order valence-corrected chi connectivity index (χ3v) is 7.89. The van der Waals surface area contributed by atoms with E-state index in [-0.39, 0.29) is 10.2 Å². The lowest BCUT2D eigenvalue weighted by molar-refractivity contribution is -0.00235. The van der Waals surface area contributed by atoms with Crippen molar-refractivity contribution in [2.45, 2.75) is 42.3 Å². The van der Waals surface area contributed by atoms with Gasteiger partial charge in [-0.3, -0.25) is 0 Å². The van der Waals surface area contributed by atoms with Gasteiger partial charge in [-0.2, -0.15) is 0 Å². The van der Waals surface area contributed by atoms with Gasteiger partial charge in [-0.05, 0) is 55.4 Å². The average Bonchev–Trinajstić information content (AvgIpc) is 2.27. The number of aliphatic hydroxyl groups is 1. The first kappa shape index (κ1) is 9.86. The average molecular weight is 230 g/mol. The van der Waals surface area contributed by atoms with Gasteiger partial charge in [-0.1, -0.05) is 0 Å². The van der Waals surface area contributed by atoms with Crippen LogP contribution >= 0.6 is 23.5 Å². The molecule has 80 valence electrons. The molecule has 0 aromatic carbocycles. The van der Waals surface area contributed by atoms with Crippen molar-refractivity contribution in [2.24, 2.45) is 11.8 Å². The topological polar surface area (TPSA) is 20.2 Å². The maximum atomic E-state index is 10.4. The minimum Gasteiger partial charge on any atom is -0.390 e. The van der Waals surface area contributed by atoms with Crippen molar-refractivity contribution in [3.8, 4) is 0 Å². The van der Waals surface area contributed by atoms with Gasteiger partial charge in [0.25, 0.3) is 0 Å². The van der Waals surface area contributed by atoms with E-state index in [1.165, 1.54) is 43.6 Å². The second-order valence-electron chi connectivity index (χ2n) is 4.83. The number of rotatable bonds is 0. The van der Waals surface area contributed by atoms with E-state index in [9.17, 15) is 5.11 Å². The molecule has 0 aromatic heterocycles. The van der Waals surface area contributed by atoms with Crippen LogP contribution in [-0.4, -0.2) is 26.8 Å². The standard InChI is InChI=1S/C11H18OS2/c12-10-8-2-4-9(5-3-8)11(10)13-6-1-7-14-11/h8-10,12H,1-7H2. The van der Waals surface area contributed by atoms with Crippen LogP contribution < -0.4 is 0 Å². The van der Waals surface area contributed by atoms with Gasteiger partial charge in [0.2, 0.25) is 0 Å². The molecule has 3 saturated carbocycles. The fourth-order valence-corrected chi connectivity index (χ4v) is 7.28. The molecule has 3 heteroatoms. The van der Waals surface area contributed by atoms with Crippen molar-refractivity contribution < 1.29 is 5.11 Å². The Bertz CT molecular complexity index is 213. The van der Waals surface area contributed by atoms with E-state index in [1.807, 2.05) is 0 Å². The lowest BCUT2D eigenvalue weighted by Gasteiger charge is -2.55. The number of hydrogen-bond acceptors (Lipinski definition) is 3. The van der Waals surface area contributed by atoms with Crippen LogP contribution in [0.3, 0.4) is 0 Å². The maximum Gasteiger partial charge on any atom is 0.0899 e. The van der Waals surface area contributed by atoms with Gasteiger partial charge in [0.05, 0.1) is 10.2 Å². The molecule has 1 spiro atoms. The Morgan fingerprint density at radius 1 is 1.00 bits per heavy atom. The molecule has 0 amide bonds. The summed E-state index contributed by atoms with van der Waals surface area (Å²) in [7, 11) is 0.